The van der Waals surface area contributed by atoms with Gasteiger partial charge in [-0.25, -0.2) is 0 Å². The molecule has 1 aromatic rings. The zero-order valence-corrected chi connectivity index (χ0v) is 23.0. The Morgan fingerprint density at radius 1 is 1.12 bits per heavy atom. The highest BCUT2D eigenvalue weighted by Crippen LogP contribution is 2.32. The highest BCUT2D eigenvalue weighted by molar-refractivity contribution is 14.0. The molecule has 2 fully saturated rings. The fourth-order valence-electron chi connectivity index (χ4n) is 4.73. The van der Waals surface area contributed by atoms with Crippen LogP contribution >= 0.6 is 24.0 Å². The van der Waals surface area contributed by atoms with Gasteiger partial charge >= 0.3 is 0 Å². The number of hydrogen-bond acceptors (Lipinski definition) is 5. The van der Waals surface area contributed by atoms with Crippen LogP contribution < -0.4 is 20.1 Å². The molecule has 2 aliphatic rings. The third kappa shape index (κ3) is 8.17. The number of hydrogen-bond donors (Lipinski definition) is 2. The molecule has 2 N–H and O–H groups in total. The largest absolute Gasteiger partial charge is 0.493 e. The molecule has 2 aliphatic heterocycles. The fraction of sp³-hybridized carbons (Fsp3) is 0.720. The molecule has 0 spiro atoms. The Morgan fingerprint density at radius 3 is 2.55 bits per heavy atom. The van der Waals surface area contributed by atoms with Gasteiger partial charge in [0, 0.05) is 31.8 Å². The number of likely N-dealkylation sites (tertiary alicyclic amines) is 1. The van der Waals surface area contributed by atoms with Crippen molar-refractivity contribution in [3.63, 3.8) is 0 Å². The Labute approximate surface area is 217 Å². The van der Waals surface area contributed by atoms with Crippen molar-refractivity contribution in [1.82, 2.24) is 15.5 Å². The second-order valence-electron chi connectivity index (χ2n) is 8.67. The van der Waals surface area contributed by atoms with Gasteiger partial charge in [0.25, 0.3) is 0 Å². The summed E-state index contributed by atoms with van der Waals surface area (Å²) < 4.78 is 16.8. The van der Waals surface area contributed by atoms with Gasteiger partial charge in [-0.1, -0.05) is 6.07 Å². The first-order chi connectivity index (χ1) is 15.7. The van der Waals surface area contributed by atoms with Crippen molar-refractivity contribution in [2.75, 3.05) is 59.7 Å². The Morgan fingerprint density at radius 2 is 1.88 bits per heavy atom. The molecule has 188 valence electrons. The normalized spacial score (nSPS) is 18.5. The first-order valence-corrected chi connectivity index (χ1v) is 12.4. The van der Waals surface area contributed by atoms with E-state index in [0.717, 1.165) is 76.0 Å². The van der Waals surface area contributed by atoms with E-state index in [0.29, 0.717) is 6.61 Å². The predicted octanol–water partition coefficient (Wildman–Crippen LogP) is 3.84. The second kappa shape index (κ2) is 14.9. The van der Waals surface area contributed by atoms with E-state index >= 15 is 0 Å². The number of guanidine groups is 1. The third-order valence-electron chi connectivity index (χ3n) is 6.54. The van der Waals surface area contributed by atoms with E-state index in [9.17, 15) is 0 Å². The summed E-state index contributed by atoms with van der Waals surface area (Å²) >= 11 is 0. The minimum atomic E-state index is 0. The van der Waals surface area contributed by atoms with Gasteiger partial charge < -0.3 is 24.8 Å². The zero-order valence-electron chi connectivity index (χ0n) is 20.7. The average molecular weight is 575 g/mol. The van der Waals surface area contributed by atoms with E-state index in [2.05, 4.69) is 34.6 Å². The summed E-state index contributed by atoms with van der Waals surface area (Å²) in [6.07, 6.45) is 6.77. The lowest BCUT2D eigenvalue weighted by Crippen LogP contribution is -2.54. The van der Waals surface area contributed by atoms with E-state index < -0.39 is 0 Å². The number of methoxy groups -OCH3 is 1. The number of nitrogens with zero attached hydrogens (tertiary/aromatic N) is 2. The fourth-order valence-corrected chi connectivity index (χ4v) is 4.73. The molecule has 8 heteroatoms. The summed E-state index contributed by atoms with van der Waals surface area (Å²) in [5.41, 5.74) is 1.42. The maximum absolute atomic E-state index is 5.70. The summed E-state index contributed by atoms with van der Waals surface area (Å²) in [6, 6.07) is 6.20. The van der Waals surface area contributed by atoms with E-state index in [-0.39, 0.29) is 29.5 Å². The number of halogens is 1. The van der Waals surface area contributed by atoms with E-state index in [1.807, 2.05) is 13.0 Å². The lowest BCUT2D eigenvalue weighted by Gasteiger charge is -2.43. The number of aryl methyl sites for hydroxylation is 1. The van der Waals surface area contributed by atoms with Crippen LogP contribution in [0, 0.1) is 0 Å². The zero-order chi connectivity index (χ0) is 22.7. The van der Waals surface area contributed by atoms with Crippen molar-refractivity contribution >= 4 is 29.9 Å². The van der Waals surface area contributed by atoms with Crippen molar-refractivity contribution in [2.24, 2.45) is 4.99 Å². The molecule has 3 rings (SSSR count). The van der Waals surface area contributed by atoms with Crippen LogP contribution in [0.4, 0.5) is 0 Å². The maximum Gasteiger partial charge on any atom is 0.191 e. The average Bonchev–Trinajstić information content (AvgIpc) is 3.37. The van der Waals surface area contributed by atoms with Crippen LogP contribution in [0.3, 0.4) is 0 Å². The first-order valence-electron chi connectivity index (χ1n) is 12.4. The van der Waals surface area contributed by atoms with Crippen molar-refractivity contribution in [2.45, 2.75) is 57.9 Å². The number of nitrogens with one attached hydrogen (secondary N) is 2. The minimum Gasteiger partial charge on any atom is -0.493 e. The maximum atomic E-state index is 5.70. The van der Waals surface area contributed by atoms with Gasteiger partial charge in [-0.3, -0.25) is 9.89 Å². The summed E-state index contributed by atoms with van der Waals surface area (Å²) in [7, 11) is 1.68. The molecule has 7 nitrogen and oxygen atoms in total. The van der Waals surface area contributed by atoms with Gasteiger partial charge in [0.15, 0.2) is 17.5 Å². The molecule has 33 heavy (non-hydrogen) atoms. The number of aliphatic imine (C=N–C) groups is 1. The van der Waals surface area contributed by atoms with Crippen molar-refractivity contribution in [1.29, 1.82) is 0 Å². The standard InChI is InChI=1S/C25H42N4O3.HI/c1-4-26-24(28-20-25(12-17-31-18-13-25)29-15-6-7-16-29)27-14-8-9-21-10-11-22(30-3)23(19-21)32-5-2;/h10-11,19H,4-9,12-18,20H2,1-3H3,(H2,26,27,28);1H. The summed E-state index contributed by atoms with van der Waals surface area (Å²) in [4.78, 5) is 7.69. The van der Waals surface area contributed by atoms with Crippen LogP contribution in [-0.2, 0) is 11.2 Å². The Hall–Kier alpha value is -1.26. The second-order valence-corrected chi connectivity index (χ2v) is 8.67. The highest BCUT2D eigenvalue weighted by Gasteiger charge is 2.39. The van der Waals surface area contributed by atoms with Gasteiger partial charge in [-0.15, -0.1) is 24.0 Å². The molecular weight excluding hydrogens is 531 g/mol. The quantitative estimate of drug-likeness (QED) is 0.181. The van der Waals surface area contributed by atoms with Crippen LogP contribution in [0.15, 0.2) is 23.2 Å². The smallest absolute Gasteiger partial charge is 0.191 e. The number of benzene rings is 1. The van der Waals surface area contributed by atoms with E-state index in [1.54, 1.807) is 7.11 Å². The Balaban J connectivity index is 0.00000385. The molecule has 2 heterocycles. The van der Waals surface area contributed by atoms with Gasteiger partial charge in [-0.05, 0) is 83.2 Å². The molecule has 2 saturated heterocycles. The van der Waals surface area contributed by atoms with Crippen LogP contribution in [0.5, 0.6) is 11.5 Å². The van der Waals surface area contributed by atoms with Crippen LogP contribution in [0.25, 0.3) is 0 Å². The van der Waals surface area contributed by atoms with Gasteiger partial charge in [0.05, 0.1) is 20.3 Å². The van der Waals surface area contributed by atoms with Crippen LogP contribution in [0.2, 0.25) is 0 Å². The van der Waals surface area contributed by atoms with Crippen molar-refractivity contribution < 1.29 is 14.2 Å². The third-order valence-corrected chi connectivity index (χ3v) is 6.54. The van der Waals surface area contributed by atoms with Crippen LogP contribution in [0.1, 0.15) is 51.5 Å². The molecule has 0 atom stereocenters. The predicted molar refractivity (Wildman–Crippen MR) is 145 cm³/mol. The monoisotopic (exact) mass is 574 g/mol. The van der Waals surface area contributed by atoms with E-state index in [4.69, 9.17) is 19.2 Å². The Bertz CT molecular complexity index is 720. The molecular formula is C25H43IN4O3. The lowest BCUT2D eigenvalue weighted by atomic mass is 9.88. The first kappa shape index (κ1) is 28.0. The summed E-state index contributed by atoms with van der Waals surface area (Å²) in [6.45, 7) is 11.4. The van der Waals surface area contributed by atoms with Gasteiger partial charge in [0.2, 0.25) is 0 Å². The highest BCUT2D eigenvalue weighted by atomic mass is 127. The SMILES string of the molecule is CCNC(=NCC1(N2CCCC2)CCOCC1)NCCCc1ccc(OC)c(OCC)c1.I. The molecule has 0 aromatic heterocycles. The molecule has 0 unspecified atom stereocenters. The minimum absolute atomic E-state index is 0. The lowest BCUT2D eigenvalue weighted by molar-refractivity contribution is -0.0139. The Kier molecular flexibility index (Phi) is 12.6. The molecule has 0 bridgehead atoms. The summed E-state index contributed by atoms with van der Waals surface area (Å²) in [5, 5.41) is 6.96. The van der Waals surface area contributed by atoms with E-state index in [1.165, 1.54) is 31.5 Å². The van der Waals surface area contributed by atoms with Gasteiger partial charge in [-0.2, -0.15) is 0 Å². The molecule has 1 aromatic carbocycles. The van der Waals surface area contributed by atoms with Crippen molar-refractivity contribution in [3.8, 4) is 11.5 Å². The molecule has 0 radical (unpaired) electrons. The molecule has 0 saturated carbocycles. The summed E-state index contributed by atoms with van der Waals surface area (Å²) in [5.74, 6) is 2.52. The van der Waals surface area contributed by atoms with Crippen LogP contribution in [-0.4, -0.2) is 76.1 Å². The van der Waals surface area contributed by atoms with Crippen molar-refractivity contribution in [3.05, 3.63) is 23.8 Å². The molecule has 0 amide bonds. The number of ether oxygens (including phenoxy) is 3. The molecule has 0 aliphatic carbocycles. The van der Waals surface area contributed by atoms with Gasteiger partial charge in [0.1, 0.15) is 0 Å². The number of rotatable bonds is 11. The topological polar surface area (TPSA) is 67.4 Å².